The third-order valence-corrected chi connectivity index (χ3v) is 4.65. The molecule has 2 aromatic rings. The molecular formula is C15H21ClN4S. The summed E-state index contributed by atoms with van der Waals surface area (Å²) < 4.78 is 0. The van der Waals surface area contributed by atoms with E-state index in [0.29, 0.717) is 6.04 Å². The predicted molar refractivity (Wildman–Crippen MR) is 90.0 cm³/mol. The Bertz CT molecular complexity index is 546. The first-order chi connectivity index (χ1) is 9.85. The number of pyridine rings is 1. The van der Waals surface area contributed by atoms with Gasteiger partial charge >= 0.3 is 0 Å². The number of rotatable bonds is 4. The van der Waals surface area contributed by atoms with Crippen molar-refractivity contribution in [2.45, 2.75) is 25.4 Å². The lowest BCUT2D eigenvalue weighted by Gasteiger charge is -2.31. The van der Waals surface area contributed by atoms with E-state index in [1.807, 2.05) is 24.4 Å². The van der Waals surface area contributed by atoms with Crippen LogP contribution in [0.25, 0.3) is 10.7 Å². The van der Waals surface area contributed by atoms with E-state index in [1.165, 1.54) is 19.4 Å². The van der Waals surface area contributed by atoms with Crippen molar-refractivity contribution in [1.29, 1.82) is 0 Å². The summed E-state index contributed by atoms with van der Waals surface area (Å²) in [6.45, 7) is 3.24. The minimum absolute atomic E-state index is 0. The fourth-order valence-corrected chi connectivity index (χ4v) is 3.44. The van der Waals surface area contributed by atoms with Gasteiger partial charge in [0.25, 0.3) is 0 Å². The van der Waals surface area contributed by atoms with Crippen LogP contribution in [0.15, 0.2) is 29.8 Å². The second kappa shape index (κ2) is 7.84. The van der Waals surface area contributed by atoms with Crippen LogP contribution in [-0.2, 0) is 6.54 Å². The minimum atomic E-state index is 0. The molecule has 1 unspecified atom stereocenters. The number of halogens is 1. The third kappa shape index (κ3) is 4.23. The highest BCUT2D eigenvalue weighted by Gasteiger charge is 2.19. The van der Waals surface area contributed by atoms with Gasteiger partial charge in [0.05, 0.1) is 11.4 Å². The van der Waals surface area contributed by atoms with Gasteiger partial charge in [0.2, 0.25) is 0 Å². The summed E-state index contributed by atoms with van der Waals surface area (Å²) in [5.41, 5.74) is 2.13. The molecule has 0 radical (unpaired) electrons. The first-order valence-corrected chi connectivity index (χ1v) is 7.98. The number of likely N-dealkylation sites (N-methyl/N-ethyl adjacent to an activating group) is 1. The van der Waals surface area contributed by atoms with Crippen molar-refractivity contribution in [3.05, 3.63) is 35.5 Å². The van der Waals surface area contributed by atoms with Crippen LogP contribution in [0.4, 0.5) is 0 Å². The molecule has 1 fully saturated rings. The first-order valence-electron chi connectivity index (χ1n) is 7.10. The molecule has 3 heterocycles. The second-order valence-corrected chi connectivity index (χ2v) is 6.08. The molecule has 21 heavy (non-hydrogen) atoms. The molecule has 1 atom stereocenters. The number of nitrogens with one attached hydrogen (secondary N) is 1. The van der Waals surface area contributed by atoms with Gasteiger partial charge in [-0.15, -0.1) is 23.7 Å². The Morgan fingerprint density at radius 3 is 3.10 bits per heavy atom. The highest BCUT2D eigenvalue weighted by molar-refractivity contribution is 7.13. The molecule has 3 rings (SSSR count). The summed E-state index contributed by atoms with van der Waals surface area (Å²) in [6, 6.07) is 6.58. The highest BCUT2D eigenvalue weighted by Crippen LogP contribution is 2.22. The molecule has 4 nitrogen and oxygen atoms in total. The van der Waals surface area contributed by atoms with Crippen molar-refractivity contribution in [3.63, 3.8) is 0 Å². The molecule has 0 spiro atoms. The van der Waals surface area contributed by atoms with E-state index in [0.717, 1.165) is 29.5 Å². The number of aromatic nitrogens is 2. The van der Waals surface area contributed by atoms with Gasteiger partial charge < -0.3 is 5.32 Å². The summed E-state index contributed by atoms with van der Waals surface area (Å²) in [4.78, 5) is 11.6. The zero-order chi connectivity index (χ0) is 13.8. The van der Waals surface area contributed by atoms with E-state index >= 15 is 0 Å². The Morgan fingerprint density at radius 2 is 2.33 bits per heavy atom. The Balaban J connectivity index is 0.00000161. The smallest absolute Gasteiger partial charge is 0.142 e. The molecule has 0 saturated carbocycles. The van der Waals surface area contributed by atoms with Crippen LogP contribution < -0.4 is 5.32 Å². The molecule has 2 aromatic heterocycles. The van der Waals surface area contributed by atoms with E-state index in [1.54, 1.807) is 11.3 Å². The minimum Gasteiger partial charge on any atom is -0.316 e. The maximum Gasteiger partial charge on any atom is 0.142 e. The van der Waals surface area contributed by atoms with Gasteiger partial charge in [-0.05, 0) is 38.6 Å². The van der Waals surface area contributed by atoms with E-state index in [4.69, 9.17) is 4.98 Å². The molecule has 0 aliphatic carbocycles. The number of hydrogen-bond donors (Lipinski definition) is 1. The number of thiazole rings is 1. The van der Waals surface area contributed by atoms with E-state index in [-0.39, 0.29) is 12.4 Å². The average molecular weight is 325 g/mol. The fourth-order valence-electron chi connectivity index (χ4n) is 2.65. The van der Waals surface area contributed by atoms with Crippen molar-refractivity contribution in [3.8, 4) is 10.7 Å². The van der Waals surface area contributed by atoms with Crippen LogP contribution in [0.1, 0.15) is 18.5 Å². The fraction of sp³-hybridized carbons (Fsp3) is 0.467. The van der Waals surface area contributed by atoms with Crippen molar-refractivity contribution >= 4 is 23.7 Å². The molecule has 1 aliphatic rings. The monoisotopic (exact) mass is 324 g/mol. The van der Waals surface area contributed by atoms with Gasteiger partial charge in [-0.3, -0.25) is 9.88 Å². The van der Waals surface area contributed by atoms with Gasteiger partial charge in [-0.25, -0.2) is 4.98 Å². The Morgan fingerprint density at radius 1 is 1.43 bits per heavy atom. The largest absolute Gasteiger partial charge is 0.316 e. The van der Waals surface area contributed by atoms with Crippen molar-refractivity contribution in [2.75, 3.05) is 20.1 Å². The van der Waals surface area contributed by atoms with Gasteiger partial charge in [0.1, 0.15) is 5.01 Å². The topological polar surface area (TPSA) is 41.0 Å². The maximum atomic E-state index is 4.72. The van der Waals surface area contributed by atoms with Crippen LogP contribution in [0, 0.1) is 0 Å². The first kappa shape index (κ1) is 16.4. The van der Waals surface area contributed by atoms with Crippen molar-refractivity contribution in [1.82, 2.24) is 20.2 Å². The van der Waals surface area contributed by atoms with Crippen LogP contribution in [0.5, 0.6) is 0 Å². The molecule has 6 heteroatoms. The summed E-state index contributed by atoms with van der Waals surface area (Å²) in [5.74, 6) is 0. The molecule has 0 amide bonds. The standard InChI is InChI=1S/C15H20N4S.ClH/c1-16-12-5-4-8-19(9-12)10-13-11-20-15(18-13)14-6-2-3-7-17-14;/h2-3,6-7,11-12,16H,4-5,8-10H2,1H3;1H. The van der Waals surface area contributed by atoms with Gasteiger partial charge in [0.15, 0.2) is 0 Å². The summed E-state index contributed by atoms with van der Waals surface area (Å²) >= 11 is 1.68. The van der Waals surface area contributed by atoms with E-state index < -0.39 is 0 Å². The van der Waals surface area contributed by atoms with Crippen LogP contribution in [-0.4, -0.2) is 41.0 Å². The highest BCUT2D eigenvalue weighted by atomic mass is 35.5. The molecule has 0 bridgehead atoms. The van der Waals surface area contributed by atoms with Gasteiger partial charge in [-0.2, -0.15) is 0 Å². The number of piperidine rings is 1. The van der Waals surface area contributed by atoms with Gasteiger partial charge in [0, 0.05) is 30.7 Å². The Labute approximate surface area is 136 Å². The third-order valence-electron chi connectivity index (χ3n) is 3.74. The Hall–Kier alpha value is -1.01. The normalized spacial score (nSPS) is 19.2. The zero-order valence-corrected chi connectivity index (χ0v) is 13.8. The summed E-state index contributed by atoms with van der Waals surface area (Å²) in [6.07, 6.45) is 4.37. The average Bonchev–Trinajstić information content (AvgIpc) is 2.97. The quantitative estimate of drug-likeness (QED) is 0.939. The molecule has 1 saturated heterocycles. The summed E-state index contributed by atoms with van der Waals surface area (Å²) in [5, 5.41) is 6.56. The Kier molecular flexibility index (Phi) is 6.11. The van der Waals surface area contributed by atoms with Crippen molar-refractivity contribution < 1.29 is 0 Å². The van der Waals surface area contributed by atoms with Gasteiger partial charge in [-0.1, -0.05) is 6.07 Å². The predicted octanol–water partition coefficient (Wildman–Crippen LogP) is 2.81. The molecule has 0 aromatic carbocycles. The maximum absolute atomic E-state index is 4.72. The molecule has 1 N–H and O–H groups in total. The number of nitrogens with zero attached hydrogens (tertiary/aromatic N) is 3. The molecule has 1 aliphatic heterocycles. The lowest BCUT2D eigenvalue weighted by Crippen LogP contribution is -2.43. The molecule has 114 valence electrons. The van der Waals surface area contributed by atoms with E-state index in [9.17, 15) is 0 Å². The number of hydrogen-bond acceptors (Lipinski definition) is 5. The zero-order valence-electron chi connectivity index (χ0n) is 12.2. The SMILES string of the molecule is CNC1CCCN(Cc2csc(-c3ccccn3)n2)C1.Cl. The lowest BCUT2D eigenvalue weighted by molar-refractivity contribution is 0.186. The lowest BCUT2D eigenvalue weighted by atomic mass is 10.1. The van der Waals surface area contributed by atoms with Crippen LogP contribution in [0.3, 0.4) is 0 Å². The molecular weight excluding hydrogens is 304 g/mol. The van der Waals surface area contributed by atoms with Crippen LogP contribution >= 0.6 is 23.7 Å². The van der Waals surface area contributed by atoms with E-state index in [2.05, 4.69) is 27.6 Å². The second-order valence-electron chi connectivity index (χ2n) is 5.22. The van der Waals surface area contributed by atoms with Crippen LogP contribution in [0.2, 0.25) is 0 Å². The number of likely N-dealkylation sites (tertiary alicyclic amines) is 1. The van der Waals surface area contributed by atoms with Crippen molar-refractivity contribution in [2.24, 2.45) is 0 Å². The summed E-state index contributed by atoms with van der Waals surface area (Å²) in [7, 11) is 2.05.